The quantitative estimate of drug-likeness (QED) is 0.550. The van der Waals surface area contributed by atoms with Gasteiger partial charge in [-0.15, -0.1) is 0 Å². The molecule has 4 rings (SSSR count). The smallest absolute Gasteiger partial charge is 0.418 e. The fraction of sp³-hybridized carbons (Fsp3) is 0.231. The molecule has 0 radical (unpaired) electrons. The van der Waals surface area contributed by atoms with Crippen molar-refractivity contribution in [2.75, 3.05) is 37.0 Å². The molecular weight excluding hydrogens is 459 g/mol. The van der Waals surface area contributed by atoms with Gasteiger partial charge < -0.3 is 10.1 Å². The van der Waals surface area contributed by atoms with Crippen LogP contribution < -0.4 is 15.0 Å². The van der Waals surface area contributed by atoms with E-state index in [1.54, 1.807) is 24.1 Å². The van der Waals surface area contributed by atoms with Crippen LogP contribution >= 0.6 is 0 Å². The maximum absolute atomic E-state index is 13.4. The minimum atomic E-state index is -4.60. The lowest BCUT2D eigenvalue weighted by Gasteiger charge is -2.38. The number of alkyl halides is 3. The second-order valence-electron chi connectivity index (χ2n) is 8.23. The molecule has 35 heavy (non-hydrogen) atoms. The molecule has 1 aliphatic rings. The minimum absolute atomic E-state index is 0.119. The van der Waals surface area contributed by atoms with Crippen LogP contribution in [0.25, 0.3) is 0 Å². The molecule has 0 fully saturated rings. The largest absolute Gasteiger partial charge is 0.489 e. The molecule has 6 nitrogen and oxygen atoms in total. The summed E-state index contributed by atoms with van der Waals surface area (Å²) in [6.45, 7) is -0.114. The number of fused-ring (bicyclic) bond motifs is 1. The van der Waals surface area contributed by atoms with Crippen LogP contribution in [0.15, 0.2) is 78.9 Å². The van der Waals surface area contributed by atoms with Crippen molar-refractivity contribution in [2.45, 2.75) is 12.2 Å². The Kier molecular flexibility index (Phi) is 7.07. The average Bonchev–Trinajstić information content (AvgIpc) is 2.83. The van der Waals surface area contributed by atoms with E-state index in [9.17, 15) is 22.8 Å². The molecule has 0 unspecified atom stereocenters. The van der Waals surface area contributed by atoms with Gasteiger partial charge in [-0.25, -0.2) is 0 Å². The number of hydrogen-bond acceptors (Lipinski definition) is 4. The van der Waals surface area contributed by atoms with Crippen LogP contribution in [0.5, 0.6) is 5.75 Å². The SMILES string of the molecule is CN(CC(=O)Nc1ccccc1C(F)(F)F)CC(=O)N1c2ccccc2OC[C@@H]1c1ccccc1. The van der Waals surface area contributed by atoms with Gasteiger partial charge in [-0.05, 0) is 36.9 Å². The highest BCUT2D eigenvalue weighted by Crippen LogP contribution is 2.39. The van der Waals surface area contributed by atoms with Gasteiger partial charge in [-0.3, -0.25) is 19.4 Å². The van der Waals surface area contributed by atoms with E-state index in [2.05, 4.69) is 5.32 Å². The molecule has 0 aliphatic carbocycles. The summed E-state index contributed by atoms with van der Waals surface area (Å²) >= 11 is 0. The number of para-hydroxylation sites is 3. The van der Waals surface area contributed by atoms with Gasteiger partial charge in [0.2, 0.25) is 11.8 Å². The van der Waals surface area contributed by atoms with Crippen molar-refractivity contribution in [3.63, 3.8) is 0 Å². The third kappa shape index (κ3) is 5.63. The Balaban J connectivity index is 1.48. The van der Waals surface area contributed by atoms with Gasteiger partial charge >= 0.3 is 6.18 Å². The zero-order chi connectivity index (χ0) is 25.0. The number of carbonyl (C=O) groups excluding carboxylic acids is 2. The first-order valence-electron chi connectivity index (χ1n) is 11.0. The normalized spacial score (nSPS) is 15.3. The number of nitrogens with one attached hydrogen (secondary N) is 1. The molecule has 0 saturated heterocycles. The number of nitrogens with zero attached hydrogens (tertiary/aromatic N) is 2. The van der Waals surface area contributed by atoms with E-state index in [0.717, 1.165) is 11.6 Å². The second kappa shape index (κ2) is 10.2. The molecule has 2 amide bonds. The topological polar surface area (TPSA) is 61.9 Å². The van der Waals surface area contributed by atoms with Gasteiger partial charge in [0.1, 0.15) is 12.4 Å². The fourth-order valence-electron chi connectivity index (χ4n) is 4.06. The van der Waals surface area contributed by atoms with Crippen LogP contribution in [0.3, 0.4) is 0 Å². The van der Waals surface area contributed by atoms with E-state index in [1.807, 2.05) is 42.5 Å². The summed E-state index contributed by atoms with van der Waals surface area (Å²) in [5.74, 6) is -0.336. The number of likely N-dealkylation sites (N-methyl/N-ethyl adjacent to an activating group) is 1. The Bertz CT molecular complexity index is 1200. The first kappa shape index (κ1) is 24.3. The molecule has 1 aliphatic heterocycles. The summed E-state index contributed by atoms with van der Waals surface area (Å²) < 4.78 is 45.5. The molecule has 182 valence electrons. The Morgan fingerprint density at radius 3 is 2.37 bits per heavy atom. The van der Waals surface area contributed by atoms with E-state index >= 15 is 0 Å². The molecule has 1 N–H and O–H groups in total. The molecule has 0 spiro atoms. The van der Waals surface area contributed by atoms with E-state index in [0.29, 0.717) is 11.4 Å². The van der Waals surface area contributed by atoms with Crippen molar-refractivity contribution < 1.29 is 27.5 Å². The zero-order valence-electron chi connectivity index (χ0n) is 19.0. The van der Waals surface area contributed by atoms with E-state index < -0.39 is 17.6 Å². The molecule has 9 heteroatoms. The summed E-state index contributed by atoms with van der Waals surface area (Å²) in [6, 6.07) is 21.1. The highest BCUT2D eigenvalue weighted by molar-refractivity contribution is 5.98. The maximum Gasteiger partial charge on any atom is 0.418 e. The average molecular weight is 483 g/mol. The fourth-order valence-corrected chi connectivity index (χ4v) is 4.06. The van der Waals surface area contributed by atoms with Crippen LogP contribution in [-0.2, 0) is 15.8 Å². The highest BCUT2D eigenvalue weighted by Gasteiger charge is 2.35. The third-order valence-electron chi connectivity index (χ3n) is 5.61. The minimum Gasteiger partial charge on any atom is -0.489 e. The number of rotatable bonds is 6. The van der Waals surface area contributed by atoms with Gasteiger partial charge in [-0.1, -0.05) is 54.6 Å². The van der Waals surface area contributed by atoms with Crippen LogP contribution in [0.1, 0.15) is 17.2 Å². The maximum atomic E-state index is 13.4. The van der Waals surface area contributed by atoms with E-state index in [4.69, 9.17) is 4.74 Å². The van der Waals surface area contributed by atoms with Crippen molar-refractivity contribution in [1.29, 1.82) is 0 Å². The summed E-state index contributed by atoms with van der Waals surface area (Å²) in [4.78, 5) is 29.0. The molecule has 0 bridgehead atoms. The van der Waals surface area contributed by atoms with Crippen molar-refractivity contribution in [2.24, 2.45) is 0 Å². The van der Waals surface area contributed by atoms with Crippen LogP contribution in [-0.4, -0.2) is 43.5 Å². The Hall–Kier alpha value is -3.85. The van der Waals surface area contributed by atoms with Gasteiger partial charge in [0, 0.05) is 0 Å². The number of halogens is 3. The zero-order valence-corrected chi connectivity index (χ0v) is 19.0. The second-order valence-corrected chi connectivity index (χ2v) is 8.23. The number of ether oxygens (including phenoxy) is 1. The number of amides is 2. The Labute approximate surface area is 200 Å². The summed E-state index contributed by atoms with van der Waals surface area (Å²) in [6.07, 6.45) is -4.60. The third-order valence-corrected chi connectivity index (χ3v) is 5.61. The number of carbonyl (C=O) groups is 2. The number of benzene rings is 3. The predicted molar refractivity (Wildman–Crippen MR) is 126 cm³/mol. The van der Waals surface area contributed by atoms with E-state index in [1.165, 1.54) is 23.1 Å². The number of hydrogen-bond donors (Lipinski definition) is 1. The van der Waals surface area contributed by atoms with Crippen LogP contribution in [0.2, 0.25) is 0 Å². The van der Waals surface area contributed by atoms with Crippen molar-refractivity contribution in [3.8, 4) is 5.75 Å². The molecule has 1 heterocycles. The lowest BCUT2D eigenvalue weighted by molar-refractivity contribution is -0.137. The van der Waals surface area contributed by atoms with Gasteiger partial charge in [-0.2, -0.15) is 13.2 Å². The molecule has 3 aromatic carbocycles. The standard InChI is InChI=1S/C26H24F3N3O3/c1-31(15-24(33)30-20-12-6-5-11-19(20)26(27,28)29)16-25(34)32-21-13-7-8-14-23(21)35-17-22(32)18-9-3-2-4-10-18/h2-14,22H,15-17H2,1H3,(H,30,33)/t22-/m1/s1. The highest BCUT2D eigenvalue weighted by atomic mass is 19.4. The first-order chi connectivity index (χ1) is 16.7. The van der Waals surface area contributed by atoms with Crippen LogP contribution in [0, 0.1) is 0 Å². The van der Waals surface area contributed by atoms with Gasteiger partial charge in [0.15, 0.2) is 0 Å². The van der Waals surface area contributed by atoms with Crippen LogP contribution in [0.4, 0.5) is 24.5 Å². The van der Waals surface area contributed by atoms with Gasteiger partial charge in [0.25, 0.3) is 0 Å². The number of anilines is 2. The van der Waals surface area contributed by atoms with Gasteiger partial charge in [0.05, 0.1) is 36.1 Å². The summed E-state index contributed by atoms with van der Waals surface area (Å²) in [5, 5.41) is 2.31. The Morgan fingerprint density at radius 2 is 1.63 bits per heavy atom. The molecule has 0 saturated carbocycles. The predicted octanol–water partition coefficient (Wildman–Crippen LogP) is 4.74. The summed E-state index contributed by atoms with van der Waals surface area (Å²) in [5.41, 5.74) is 0.271. The molecule has 0 aromatic heterocycles. The molecule has 3 aromatic rings. The Morgan fingerprint density at radius 1 is 0.971 bits per heavy atom. The first-order valence-corrected chi connectivity index (χ1v) is 11.0. The van der Waals surface area contributed by atoms with E-state index in [-0.39, 0.29) is 37.3 Å². The summed E-state index contributed by atoms with van der Waals surface area (Å²) in [7, 11) is 1.57. The van der Waals surface area contributed by atoms with Crippen molar-refractivity contribution in [3.05, 3.63) is 90.0 Å². The lowest BCUT2D eigenvalue weighted by atomic mass is 10.0. The molecular formula is C26H24F3N3O3. The monoisotopic (exact) mass is 483 g/mol. The lowest BCUT2D eigenvalue weighted by Crippen LogP contribution is -2.46. The molecule has 1 atom stereocenters. The van der Waals surface area contributed by atoms with Crippen molar-refractivity contribution in [1.82, 2.24) is 4.90 Å². The van der Waals surface area contributed by atoms with Crippen molar-refractivity contribution >= 4 is 23.2 Å².